The van der Waals surface area contributed by atoms with E-state index < -0.39 is 11.7 Å². The minimum Gasteiger partial charge on any atom is -0.466 e. The predicted octanol–water partition coefficient (Wildman–Crippen LogP) is 6.99. The van der Waals surface area contributed by atoms with E-state index in [1.54, 1.807) is 19.1 Å². The van der Waals surface area contributed by atoms with Gasteiger partial charge in [-0.3, -0.25) is 4.79 Å². The number of carbonyl (C=O) groups is 1. The summed E-state index contributed by atoms with van der Waals surface area (Å²) in [4.78, 5) is 14.6. The number of alkyl halides is 3. The van der Waals surface area contributed by atoms with Crippen LogP contribution in [0.3, 0.4) is 0 Å². The maximum absolute atomic E-state index is 13.1. The minimum absolute atomic E-state index is 0.104. The molecule has 1 aliphatic rings. The number of ether oxygens (including phenoxy) is 1. The van der Waals surface area contributed by atoms with Crippen LogP contribution >= 0.6 is 0 Å². The molecular formula is C26H32F3NO2. The fourth-order valence-corrected chi connectivity index (χ4v) is 4.48. The molecular weight excluding hydrogens is 415 g/mol. The van der Waals surface area contributed by atoms with Crippen LogP contribution in [0.25, 0.3) is 0 Å². The van der Waals surface area contributed by atoms with Gasteiger partial charge in [0, 0.05) is 12.2 Å². The molecule has 174 valence electrons. The number of esters is 1. The number of carbonyl (C=O) groups excluding carboxylic acids is 1. The SMILES string of the molecule is CCOC(=O)C(C)C1CCN(c2ccc(C(C)C)cc2)[C@@H](c2ccc(C(F)(F)F)cc2)C1. The van der Waals surface area contributed by atoms with Crippen LogP contribution in [0.15, 0.2) is 48.5 Å². The molecule has 0 N–H and O–H groups in total. The maximum atomic E-state index is 13.1. The van der Waals surface area contributed by atoms with Crippen molar-refractivity contribution in [3.63, 3.8) is 0 Å². The standard InChI is InChI=1S/C26H32F3NO2/c1-5-32-25(31)18(4)21-14-15-30(23-12-8-19(9-13-23)17(2)3)24(16-21)20-6-10-22(11-7-20)26(27,28)29/h6-13,17-18,21,24H,5,14-16H2,1-4H3/t18?,21?,24-/m1/s1. The number of hydrogen-bond acceptors (Lipinski definition) is 3. The van der Waals surface area contributed by atoms with E-state index >= 15 is 0 Å². The second-order valence-electron chi connectivity index (χ2n) is 8.90. The normalized spacial score (nSPS) is 20.3. The predicted molar refractivity (Wildman–Crippen MR) is 121 cm³/mol. The molecule has 1 saturated heterocycles. The second kappa shape index (κ2) is 9.97. The average molecular weight is 448 g/mol. The van der Waals surface area contributed by atoms with Crippen molar-refractivity contribution >= 4 is 11.7 Å². The third-order valence-corrected chi connectivity index (χ3v) is 6.52. The van der Waals surface area contributed by atoms with Crippen LogP contribution in [-0.4, -0.2) is 19.1 Å². The first-order chi connectivity index (χ1) is 15.1. The Hall–Kier alpha value is -2.50. The van der Waals surface area contributed by atoms with E-state index in [1.807, 2.05) is 6.92 Å². The molecule has 6 heteroatoms. The van der Waals surface area contributed by atoms with Crippen LogP contribution in [0, 0.1) is 11.8 Å². The number of benzene rings is 2. The Bertz CT molecular complexity index is 891. The molecule has 1 aliphatic heterocycles. The molecule has 1 fully saturated rings. The van der Waals surface area contributed by atoms with Crippen LogP contribution < -0.4 is 4.90 Å². The summed E-state index contributed by atoms with van der Waals surface area (Å²) in [7, 11) is 0. The monoisotopic (exact) mass is 447 g/mol. The van der Waals surface area contributed by atoms with Crippen LogP contribution in [0.4, 0.5) is 18.9 Å². The Morgan fingerprint density at radius 1 is 1.06 bits per heavy atom. The van der Waals surface area contributed by atoms with Crippen molar-refractivity contribution < 1.29 is 22.7 Å². The van der Waals surface area contributed by atoms with Crippen molar-refractivity contribution in [1.29, 1.82) is 0 Å². The highest BCUT2D eigenvalue weighted by atomic mass is 19.4. The molecule has 1 heterocycles. The van der Waals surface area contributed by atoms with Gasteiger partial charge in [-0.05, 0) is 67.0 Å². The Labute approximate surface area is 188 Å². The summed E-state index contributed by atoms with van der Waals surface area (Å²) in [6.45, 7) is 9.02. The molecule has 0 spiro atoms. The molecule has 2 aromatic rings. The van der Waals surface area contributed by atoms with E-state index in [-0.39, 0.29) is 23.8 Å². The van der Waals surface area contributed by atoms with Crippen molar-refractivity contribution in [2.24, 2.45) is 11.8 Å². The molecule has 0 aliphatic carbocycles. The van der Waals surface area contributed by atoms with Crippen LogP contribution in [0.2, 0.25) is 0 Å². The Morgan fingerprint density at radius 3 is 2.22 bits per heavy atom. The molecule has 2 aromatic carbocycles. The van der Waals surface area contributed by atoms with E-state index in [0.717, 1.165) is 36.3 Å². The molecule has 3 rings (SSSR count). The second-order valence-corrected chi connectivity index (χ2v) is 8.90. The van der Waals surface area contributed by atoms with Gasteiger partial charge in [0.15, 0.2) is 0 Å². The summed E-state index contributed by atoms with van der Waals surface area (Å²) in [5.74, 6) is 0.0641. The van der Waals surface area contributed by atoms with E-state index in [2.05, 4.69) is 43.0 Å². The van der Waals surface area contributed by atoms with Gasteiger partial charge in [0.05, 0.1) is 24.1 Å². The summed E-state index contributed by atoms with van der Waals surface area (Å²) in [5.41, 5.74) is 2.46. The fourth-order valence-electron chi connectivity index (χ4n) is 4.48. The molecule has 0 aromatic heterocycles. The number of piperidine rings is 1. The number of nitrogens with zero attached hydrogens (tertiary/aromatic N) is 1. The molecule has 0 bridgehead atoms. The number of rotatable bonds is 6. The maximum Gasteiger partial charge on any atom is 0.416 e. The van der Waals surface area contributed by atoms with E-state index in [4.69, 9.17) is 4.74 Å². The van der Waals surface area contributed by atoms with Crippen molar-refractivity contribution in [3.8, 4) is 0 Å². The third kappa shape index (κ3) is 5.45. The third-order valence-electron chi connectivity index (χ3n) is 6.52. The van der Waals surface area contributed by atoms with E-state index in [1.165, 1.54) is 5.56 Å². The number of anilines is 1. The average Bonchev–Trinajstić information content (AvgIpc) is 2.78. The highest BCUT2D eigenvalue weighted by molar-refractivity contribution is 5.72. The number of hydrogen-bond donors (Lipinski definition) is 0. The molecule has 32 heavy (non-hydrogen) atoms. The van der Waals surface area contributed by atoms with Crippen molar-refractivity contribution in [3.05, 3.63) is 65.2 Å². The topological polar surface area (TPSA) is 29.5 Å². The molecule has 0 radical (unpaired) electrons. The summed E-state index contributed by atoms with van der Waals surface area (Å²) in [5, 5.41) is 0. The molecule has 0 saturated carbocycles. The van der Waals surface area contributed by atoms with Gasteiger partial charge in [0.2, 0.25) is 0 Å². The van der Waals surface area contributed by atoms with Gasteiger partial charge in [-0.1, -0.05) is 45.0 Å². The lowest BCUT2D eigenvalue weighted by Gasteiger charge is -2.43. The summed E-state index contributed by atoms with van der Waals surface area (Å²) in [6, 6.07) is 13.7. The zero-order chi connectivity index (χ0) is 23.5. The molecule has 2 unspecified atom stereocenters. The zero-order valence-corrected chi connectivity index (χ0v) is 19.2. The summed E-state index contributed by atoms with van der Waals surface area (Å²) >= 11 is 0. The lowest BCUT2D eigenvalue weighted by Crippen LogP contribution is -2.40. The largest absolute Gasteiger partial charge is 0.466 e. The highest BCUT2D eigenvalue weighted by Crippen LogP contribution is 2.41. The van der Waals surface area contributed by atoms with Gasteiger partial charge < -0.3 is 9.64 Å². The molecule has 0 amide bonds. The smallest absolute Gasteiger partial charge is 0.416 e. The van der Waals surface area contributed by atoms with Gasteiger partial charge in [-0.25, -0.2) is 0 Å². The van der Waals surface area contributed by atoms with Crippen molar-refractivity contribution in [1.82, 2.24) is 0 Å². The van der Waals surface area contributed by atoms with E-state index in [9.17, 15) is 18.0 Å². The molecule has 3 nitrogen and oxygen atoms in total. The van der Waals surface area contributed by atoms with E-state index in [0.29, 0.717) is 18.9 Å². The van der Waals surface area contributed by atoms with Gasteiger partial charge in [-0.2, -0.15) is 13.2 Å². The van der Waals surface area contributed by atoms with Gasteiger partial charge in [0.25, 0.3) is 0 Å². The quantitative estimate of drug-likeness (QED) is 0.447. The van der Waals surface area contributed by atoms with Crippen LogP contribution in [-0.2, 0) is 15.7 Å². The first kappa shape index (κ1) is 24.1. The minimum atomic E-state index is -4.36. The summed E-state index contributed by atoms with van der Waals surface area (Å²) < 4.78 is 44.4. The highest BCUT2D eigenvalue weighted by Gasteiger charge is 2.36. The van der Waals surface area contributed by atoms with Crippen molar-refractivity contribution in [2.75, 3.05) is 18.1 Å². The Morgan fingerprint density at radius 2 is 1.69 bits per heavy atom. The fraction of sp³-hybridized carbons (Fsp3) is 0.500. The molecule has 3 atom stereocenters. The lowest BCUT2D eigenvalue weighted by molar-refractivity contribution is -0.149. The first-order valence-electron chi connectivity index (χ1n) is 11.3. The van der Waals surface area contributed by atoms with Crippen LogP contribution in [0.5, 0.6) is 0 Å². The van der Waals surface area contributed by atoms with Crippen molar-refractivity contribution in [2.45, 2.75) is 58.7 Å². The van der Waals surface area contributed by atoms with Crippen LogP contribution in [0.1, 0.15) is 69.2 Å². The zero-order valence-electron chi connectivity index (χ0n) is 19.2. The number of halogens is 3. The lowest BCUT2D eigenvalue weighted by atomic mass is 9.79. The first-order valence-corrected chi connectivity index (χ1v) is 11.3. The van der Waals surface area contributed by atoms with Gasteiger partial charge in [-0.15, -0.1) is 0 Å². The Kier molecular flexibility index (Phi) is 7.52. The van der Waals surface area contributed by atoms with Gasteiger partial charge in [0.1, 0.15) is 0 Å². The summed E-state index contributed by atoms with van der Waals surface area (Å²) in [6.07, 6.45) is -2.86. The Balaban J connectivity index is 1.91. The van der Waals surface area contributed by atoms with Gasteiger partial charge >= 0.3 is 12.1 Å².